The van der Waals surface area contributed by atoms with Crippen molar-refractivity contribution in [1.29, 1.82) is 0 Å². The molecule has 206 valence electrons. The molecule has 0 bridgehead atoms. The Morgan fingerprint density at radius 1 is 1.16 bits per heavy atom. The van der Waals surface area contributed by atoms with Crippen LogP contribution in [0.15, 0.2) is 53.6 Å². The summed E-state index contributed by atoms with van der Waals surface area (Å²) in [6.07, 6.45) is -0.847. The van der Waals surface area contributed by atoms with Crippen LogP contribution in [-0.2, 0) is 6.18 Å². The van der Waals surface area contributed by atoms with Crippen molar-refractivity contribution >= 4 is 34.3 Å². The number of methoxy groups -OCH3 is 1. The van der Waals surface area contributed by atoms with E-state index in [-0.39, 0.29) is 12.0 Å². The molecule has 2 aromatic carbocycles. The van der Waals surface area contributed by atoms with Gasteiger partial charge in [-0.15, -0.1) is 11.8 Å². The monoisotopic (exact) mass is 568 g/mol. The second-order valence-corrected chi connectivity index (χ2v) is 11.4. The molecule has 0 aliphatic carbocycles. The van der Waals surface area contributed by atoms with Crippen molar-refractivity contribution in [2.45, 2.75) is 42.9 Å². The third-order valence-corrected chi connectivity index (χ3v) is 8.75. The fourth-order valence-corrected chi connectivity index (χ4v) is 6.18. The van der Waals surface area contributed by atoms with Crippen LogP contribution in [-0.4, -0.2) is 59.2 Å². The number of nitrogens with zero attached hydrogens (tertiary/aromatic N) is 2. The number of alkyl halides is 3. The van der Waals surface area contributed by atoms with E-state index in [0.717, 1.165) is 66.2 Å². The van der Waals surface area contributed by atoms with Gasteiger partial charge in [0.2, 0.25) is 0 Å². The number of aliphatic hydroxyl groups is 2. The fourth-order valence-electron chi connectivity index (χ4n) is 4.99. The van der Waals surface area contributed by atoms with Crippen molar-refractivity contribution in [3.63, 3.8) is 0 Å². The first-order chi connectivity index (χ1) is 18.1. The van der Waals surface area contributed by atoms with Crippen molar-refractivity contribution in [2.75, 3.05) is 39.1 Å². The van der Waals surface area contributed by atoms with E-state index in [1.807, 2.05) is 18.2 Å². The minimum atomic E-state index is -4.32. The average Bonchev–Trinajstić information content (AvgIpc) is 2.92. The van der Waals surface area contributed by atoms with Gasteiger partial charge in [0.05, 0.1) is 29.3 Å². The molecule has 1 saturated heterocycles. The highest BCUT2D eigenvalue weighted by Crippen LogP contribution is 2.40. The van der Waals surface area contributed by atoms with E-state index >= 15 is 0 Å². The summed E-state index contributed by atoms with van der Waals surface area (Å²) < 4.78 is 43.6. The van der Waals surface area contributed by atoms with E-state index in [4.69, 9.17) is 16.3 Å². The molecule has 1 atom stereocenters. The molecule has 0 amide bonds. The van der Waals surface area contributed by atoms with Gasteiger partial charge in [-0.25, -0.2) is 0 Å². The maximum Gasteiger partial charge on any atom is 0.416 e. The van der Waals surface area contributed by atoms with Crippen molar-refractivity contribution in [2.24, 2.45) is 5.41 Å². The number of hydrogen-bond donors (Lipinski definition) is 2. The minimum absolute atomic E-state index is 0.0481. The van der Waals surface area contributed by atoms with E-state index < -0.39 is 17.8 Å². The Kier molecular flexibility index (Phi) is 9.47. The Labute approximate surface area is 230 Å². The first kappa shape index (κ1) is 29.0. The molecule has 1 aliphatic heterocycles. The molecule has 1 fully saturated rings. The number of benzene rings is 2. The first-order valence-electron chi connectivity index (χ1n) is 12.6. The lowest BCUT2D eigenvalue weighted by molar-refractivity contribution is -0.137. The summed E-state index contributed by atoms with van der Waals surface area (Å²) in [6, 6.07) is 10.7. The van der Waals surface area contributed by atoms with E-state index in [1.54, 1.807) is 13.3 Å². The van der Waals surface area contributed by atoms with Gasteiger partial charge in [0.15, 0.2) is 0 Å². The number of rotatable bonds is 10. The standard InChI is InChI=1S/C28H32ClF3N2O3S/c1-37-20-4-7-24-22(16-20)26(23(29)17-33-24)25(36)8-9-27(18-35)10-12-34(13-11-27)14-15-38-21-5-2-19(3-6-21)28(30,31)32/h2-7,16-17,25,35-36H,8-15,18H2,1H3/t25-/m1/s1. The Morgan fingerprint density at radius 3 is 2.50 bits per heavy atom. The molecular formula is C28H32ClF3N2O3S. The SMILES string of the molecule is COc1ccc2ncc(Cl)c([C@H](O)CCC3(CO)CCN(CCSc4ccc(C(F)(F)F)cc4)CC3)c2c1. The van der Waals surface area contributed by atoms with Crippen LogP contribution in [0.25, 0.3) is 10.9 Å². The third kappa shape index (κ3) is 6.93. The predicted octanol–water partition coefficient (Wildman–Crippen LogP) is 6.60. The number of halogens is 4. The number of piperidine rings is 1. The largest absolute Gasteiger partial charge is 0.497 e. The van der Waals surface area contributed by atoms with Gasteiger partial charge in [-0.2, -0.15) is 13.2 Å². The molecular weight excluding hydrogens is 537 g/mol. The van der Waals surface area contributed by atoms with Crippen LogP contribution < -0.4 is 4.74 Å². The van der Waals surface area contributed by atoms with Gasteiger partial charge in [-0.1, -0.05) is 11.6 Å². The number of thioether (sulfide) groups is 1. The molecule has 2 N–H and O–H groups in total. The number of likely N-dealkylation sites (tertiary alicyclic amines) is 1. The van der Waals surface area contributed by atoms with Gasteiger partial charge in [-0.3, -0.25) is 4.98 Å². The molecule has 5 nitrogen and oxygen atoms in total. The summed E-state index contributed by atoms with van der Waals surface area (Å²) >= 11 is 7.99. The van der Waals surface area contributed by atoms with Crippen LogP contribution >= 0.6 is 23.4 Å². The first-order valence-corrected chi connectivity index (χ1v) is 13.9. The van der Waals surface area contributed by atoms with Crippen LogP contribution in [0.2, 0.25) is 5.02 Å². The highest BCUT2D eigenvalue weighted by atomic mass is 35.5. The Balaban J connectivity index is 1.30. The minimum Gasteiger partial charge on any atom is -0.497 e. The number of ether oxygens (including phenoxy) is 1. The van der Waals surface area contributed by atoms with Gasteiger partial charge < -0.3 is 19.8 Å². The van der Waals surface area contributed by atoms with Crippen LogP contribution in [0, 0.1) is 5.41 Å². The molecule has 2 heterocycles. The number of fused-ring (bicyclic) bond motifs is 1. The molecule has 38 heavy (non-hydrogen) atoms. The maximum atomic E-state index is 12.7. The summed E-state index contributed by atoms with van der Waals surface area (Å²) in [5.41, 5.74) is 0.442. The van der Waals surface area contributed by atoms with Crippen molar-refractivity contribution < 1.29 is 28.1 Å². The van der Waals surface area contributed by atoms with Gasteiger partial charge in [0.1, 0.15) is 5.75 Å². The molecule has 4 rings (SSSR count). The Hall–Kier alpha value is -2.04. The van der Waals surface area contributed by atoms with Crippen molar-refractivity contribution in [3.05, 3.63) is 64.8 Å². The molecule has 0 radical (unpaired) electrons. The van der Waals surface area contributed by atoms with E-state index in [1.165, 1.54) is 23.9 Å². The number of hydrogen-bond acceptors (Lipinski definition) is 6. The number of aliphatic hydroxyl groups excluding tert-OH is 2. The molecule has 0 spiro atoms. The Morgan fingerprint density at radius 2 is 1.87 bits per heavy atom. The van der Waals surface area contributed by atoms with Crippen molar-refractivity contribution in [3.8, 4) is 5.75 Å². The smallest absolute Gasteiger partial charge is 0.416 e. The predicted molar refractivity (Wildman–Crippen MR) is 145 cm³/mol. The topological polar surface area (TPSA) is 65.8 Å². The molecule has 0 unspecified atom stereocenters. The van der Waals surface area contributed by atoms with Gasteiger partial charge >= 0.3 is 6.18 Å². The van der Waals surface area contributed by atoms with Crippen LogP contribution in [0.1, 0.15) is 42.9 Å². The van der Waals surface area contributed by atoms with Gasteiger partial charge in [0.25, 0.3) is 0 Å². The van der Waals surface area contributed by atoms with Crippen LogP contribution in [0.5, 0.6) is 5.75 Å². The van der Waals surface area contributed by atoms with Crippen molar-refractivity contribution in [1.82, 2.24) is 9.88 Å². The highest BCUT2D eigenvalue weighted by Gasteiger charge is 2.35. The quantitative estimate of drug-likeness (QED) is 0.269. The summed E-state index contributed by atoms with van der Waals surface area (Å²) in [5, 5.41) is 22.6. The lowest BCUT2D eigenvalue weighted by Gasteiger charge is -2.41. The molecule has 3 aromatic rings. The van der Waals surface area contributed by atoms with Crippen LogP contribution in [0.3, 0.4) is 0 Å². The second kappa shape index (κ2) is 12.4. The lowest BCUT2D eigenvalue weighted by atomic mass is 9.74. The lowest BCUT2D eigenvalue weighted by Crippen LogP contribution is -2.43. The summed E-state index contributed by atoms with van der Waals surface area (Å²) in [4.78, 5) is 7.49. The van der Waals surface area contributed by atoms with E-state index in [9.17, 15) is 23.4 Å². The molecule has 1 aromatic heterocycles. The zero-order valence-corrected chi connectivity index (χ0v) is 22.7. The maximum absolute atomic E-state index is 12.7. The van der Waals surface area contributed by atoms with Crippen LogP contribution in [0.4, 0.5) is 13.2 Å². The molecule has 10 heteroatoms. The Bertz CT molecular complexity index is 1220. The second-order valence-electron chi connectivity index (χ2n) is 9.83. The molecule has 0 saturated carbocycles. The average molecular weight is 569 g/mol. The summed E-state index contributed by atoms with van der Waals surface area (Å²) in [5.74, 6) is 1.43. The number of aromatic nitrogens is 1. The zero-order valence-electron chi connectivity index (χ0n) is 21.2. The van der Waals surface area contributed by atoms with E-state index in [0.29, 0.717) is 29.2 Å². The normalized spacial score (nSPS) is 17.0. The molecule has 1 aliphatic rings. The summed E-state index contributed by atoms with van der Waals surface area (Å²) in [6.45, 7) is 2.50. The number of pyridine rings is 1. The summed E-state index contributed by atoms with van der Waals surface area (Å²) in [7, 11) is 1.58. The highest BCUT2D eigenvalue weighted by molar-refractivity contribution is 7.99. The zero-order chi connectivity index (χ0) is 27.3. The fraction of sp³-hybridized carbons (Fsp3) is 0.464. The third-order valence-electron chi connectivity index (χ3n) is 7.46. The van der Waals surface area contributed by atoms with Gasteiger partial charge in [-0.05, 0) is 86.7 Å². The van der Waals surface area contributed by atoms with E-state index in [2.05, 4.69) is 9.88 Å². The van der Waals surface area contributed by atoms with Gasteiger partial charge in [0, 0.05) is 40.9 Å².